The number of benzene rings is 2. The van der Waals surface area contributed by atoms with Crippen molar-refractivity contribution in [1.29, 1.82) is 0 Å². The average Bonchev–Trinajstić information content (AvgIpc) is 3.11. The summed E-state index contributed by atoms with van der Waals surface area (Å²) in [7, 11) is 0. The Kier molecular flexibility index (Phi) is 5.99. The Balaban J connectivity index is 1.60. The Bertz CT molecular complexity index is 1390. The molecule has 0 saturated heterocycles. The van der Waals surface area contributed by atoms with E-state index in [1.165, 1.54) is 31.2 Å². The molecule has 3 aromatic rings. The smallest absolute Gasteiger partial charge is 0.433 e. The van der Waals surface area contributed by atoms with Crippen LogP contribution in [0.25, 0.3) is 11.1 Å². The third kappa shape index (κ3) is 4.69. The SMILES string of the molecule is CC1=NN(c2nccc(C(F)(F)F)n2)C(=O)C1N=Nc1cccc(-c2cccc(C(=O)O)c2)c1O. The van der Waals surface area contributed by atoms with Gasteiger partial charge in [-0.15, -0.1) is 0 Å². The Morgan fingerprint density at radius 1 is 1.14 bits per heavy atom. The number of carbonyl (C=O) groups is 2. The summed E-state index contributed by atoms with van der Waals surface area (Å²) in [6.45, 7) is 1.43. The summed E-state index contributed by atoms with van der Waals surface area (Å²) in [5.74, 6) is -2.83. The van der Waals surface area contributed by atoms with Crippen LogP contribution in [0.2, 0.25) is 0 Å². The third-order valence-electron chi connectivity index (χ3n) is 4.94. The number of rotatable bonds is 5. The highest BCUT2D eigenvalue weighted by molar-refractivity contribution is 6.17. The van der Waals surface area contributed by atoms with Crippen LogP contribution >= 0.6 is 0 Å². The number of halogens is 3. The first-order valence-electron chi connectivity index (χ1n) is 9.92. The predicted octanol–water partition coefficient (Wildman–Crippen LogP) is 4.44. The monoisotopic (exact) mass is 484 g/mol. The van der Waals surface area contributed by atoms with Crippen LogP contribution in [-0.4, -0.2) is 43.8 Å². The lowest BCUT2D eigenvalue weighted by Crippen LogP contribution is -2.31. The molecule has 1 aromatic heterocycles. The first-order valence-corrected chi connectivity index (χ1v) is 9.92. The van der Waals surface area contributed by atoms with Crippen molar-refractivity contribution in [3.8, 4) is 16.9 Å². The molecule has 0 bridgehead atoms. The van der Waals surface area contributed by atoms with Gasteiger partial charge in [-0.05, 0) is 36.8 Å². The number of phenolic OH excluding ortho intramolecular Hbond substituents is 1. The van der Waals surface area contributed by atoms with Crippen LogP contribution in [0.3, 0.4) is 0 Å². The highest BCUT2D eigenvalue weighted by Gasteiger charge is 2.38. The number of anilines is 1. The third-order valence-corrected chi connectivity index (χ3v) is 4.94. The Morgan fingerprint density at radius 2 is 1.89 bits per heavy atom. The molecule has 0 radical (unpaired) electrons. The number of para-hydroxylation sites is 1. The van der Waals surface area contributed by atoms with Crippen molar-refractivity contribution in [2.75, 3.05) is 5.01 Å². The molecule has 2 heterocycles. The van der Waals surface area contributed by atoms with E-state index in [1.54, 1.807) is 18.2 Å². The number of carboxylic acid groups (broad SMARTS) is 1. The van der Waals surface area contributed by atoms with Crippen LogP contribution in [0.4, 0.5) is 24.8 Å². The molecule has 10 nitrogen and oxygen atoms in total. The van der Waals surface area contributed by atoms with Crippen LogP contribution in [-0.2, 0) is 11.0 Å². The molecular formula is C22H15F3N6O4. The Labute approximate surface area is 195 Å². The number of phenols is 1. The van der Waals surface area contributed by atoms with Gasteiger partial charge in [-0.25, -0.2) is 14.8 Å². The zero-order valence-electron chi connectivity index (χ0n) is 17.8. The lowest BCUT2D eigenvalue weighted by Gasteiger charge is -2.12. The van der Waals surface area contributed by atoms with Crippen molar-refractivity contribution in [1.82, 2.24) is 9.97 Å². The van der Waals surface area contributed by atoms with E-state index < -0.39 is 35.7 Å². The molecule has 0 spiro atoms. The second-order valence-electron chi connectivity index (χ2n) is 7.31. The number of aromatic nitrogens is 2. The number of hydrogen-bond acceptors (Lipinski definition) is 8. The molecule has 1 atom stereocenters. The summed E-state index contributed by atoms with van der Waals surface area (Å²) in [6.07, 6.45) is -3.87. The maximum atomic E-state index is 13.0. The second-order valence-corrected chi connectivity index (χ2v) is 7.31. The number of carboxylic acids is 1. The van der Waals surface area contributed by atoms with Gasteiger partial charge in [0.15, 0.2) is 11.8 Å². The number of azo groups is 1. The standard InChI is InChI=1S/C22H15F3N6O4/c1-11-17(19(33)31(30-11)21-26-9-8-16(27-21)22(23,24)25)29-28-15-7-3-6-14(18(15)32)12-4-2-5-13(10-12)20(34)35/h2-10,17,32H,1H3,(H,34,35). The van der Waals surface area contributed by atoms with E-state index in [0.717, 1.165) is 6.20 Å². The molecule has 4 rings (SSSR count). The van der Waals surface area contributed by atoms with E-state index in [9.17, 15) is 33.0 Å². The van der Waals surface area contributed by atoms with Crippen molar-refractivity contribution in [2.24, 2.45) is 15.3 Å². The number of carbonyl (C=O) groups excluding carboxylic acids is 1. The number of hydrogen-bond donors (Lipinski definition) is 2. The van der Waals surface area contributed by atoms with Gasteiger partial charge in [-0.2, -0.15) is 33.5 Å². The topological polar surface area (TPSA) is 141 Å². The minimum Gasteiger partial charge on any atom is -0.505 e. The van der Waals surface area contributed by atoms with Crippen molar-refractivity contribution in [2.45, 2.75) is 19.1 Å². The molecule has 178 valence electrons. The lowest BCUT2D eigenvalue weighted by atomic mass is 10.0. The maximum absolute atomic E-state index is 13.0. The molecule has 2 aromatic carbocycles. The Morgan fingerprint density at radius 3 is 2.60 bits per heavy atom. The predicted molar refractivity (Wildman–Crippen MR) is 116 cm³/mol. The van der Waals surface area contributed by atoms with Crippen molar-refractivity contribution >= 4 is 29.2 Å². The minimum absolute atomic E-state index is 0.0161. The molecule has 1 aliphatic rings. The molecular weight excluding hydrogens is 469 g/mol. The quantitative estimate of drug-likeness (QED) is 0.513. The van der Waals surface area contributed by atoms with Crippen molar-refractivity contribution < 1.29 is 33.0 Å². The van der Waals surface area contributed by atoms with Gasteiger partial charge in [0.25, 0.3) is 11.9 Å². The molecule has 1 amide bonds. The number of hydrazone groups is 1. The van der Waals surface area contributed by atoms with Crippen molar-refractivity contribution in [3.05, 3.63) is 66.0 Å². The van der Waals surface area contributed by atoms with Crippen LogP contribution in [0.5, 0.6) is 5.75 Å². The van der Waals surface area contributed by atoms with Gasteiger partial charge in [0.2, 0.25) is 0 Å². The van der Waals surface area contributed by atoms with E-state index in [2.05, 4.69) is 25.3 Å². The van der Waals surface area contributed by atoms with Crippen LogP contribution < -0.4 is 5.01 Å². The summed E-state index contributed by atoms with van der Waals surface area (Å²) in [4.78, 5) is 31.0. The van der Waals surface area contributed by atoms with Gasteiger partial charge in [-0.1, -0.05) is 24.3 Å². The minimum atomic E-state index is -4.73. The number of nitrogens with zero attached hydrogens (tertiary/aromatic N) is 6. The zero-order chi connectivity index (χ0) is 25.3. The maximum Gasteiger partial charge on any atom is 0.433 e. The average molecular weight is 484 g/mol. The normalized spacial score (nSPS) is 16.1. The number of alkyl halides is 3. The summed E-state index contributed by atoms with van der Waals surface area (Å²) >= 11 is 0. The zero-order valence-corrected chi connectivity index (χ0v) is 17.8. The summed E-state index contributed by atoms with van der Waals surface area (Å²) in [5.41, 5.74) is -0.396. The summed E-state index contributed by atoms with van der Waals surface area (Å²) < 4.78 is 38.9. The second kappa shape index (κ2) is 8.93. The first-order chi connectivity index (χ1) is 16.6. The van der Waals surface area contributed by atoms with Crippen LogP contribution in [0.1, 0.15) is 23.0 Å². The van der Waals surface area contributed by atoms with Crippen LogP contribution in [0, 0.1) is 0 Å². The summed E-state index contributed by atoms with van der Waals surface area (Å²) in [5, 5.41) is 32.2. The fraction of sp³-hybridized carbons (Fsp3) is 0.136. The number of aromatic hydroxyl groups is 1. The van der Waals surface area contributed by atoms with Crippen molar-refractivity contribution in [3.63, 3.8) is 0 Å². The van der Waals surface area contributed by atoms with Gasteiger partial charge < -0.3 is 10.2 Å². The van der Waals surface area contributed by atoms with E-state index in [0.29, 0.717) is 16.6 Å². The fourth-order valence-electron chi connectivity index (χ4n) is 3.23. The molecule has 13 heteroatoms. The molecule has 1 aliphatic heterocycles. The van der Waals surface area contributed by atoms with Gasteiger partial charge in [0.1, 0.15) is 11.4 Å². The lowest BCUT2D eigenvalue weighted by molar-refractivity contribution is -0.141. The van der Waals surface area contributed by atoms with Crippen LogP contribution in [0.15, 0.2) is 70.1 Å². The number of aromatic carboxylic acids is 1. The molecule has 0 fully saturated rings. The highest BCUT2D eigenvalue weighted by atomic mass is 19.4. The van der Waals surface area contributed by atoms with E-state index in [-0.39, 0.29) is 28.3 Å². The largest absolute Gasteiger partial charge is 0.505 e. The fourth-order valence-corrected chi connectivity index (χ4v) is 3.23. The van der Waals surface area contributed by atoms with Gasteiger partial charge >= 0.3 is 12.1 Å². The summed E-state index contributed by atoms with van der Waals surface area (Å²) in [6, 6.07) is 9.82. The van der Waals surface area contributed by atoms with E-state index >= 15 is 0 Å². The van der Waals surface area contributed by atoms with Gasteiger partial charge in [-0.3, -0.25) is 4.79 Å². The molecule has 2 N–H and O–H groups in total. The molecule has 1 unspecified atom stereocenters. The molecule has 0 saturated carbocycles. The highest BCUT2D eigenvalue weighted by Crippen LogP contribution is 2.38. The van der Waals surface area contributed by atoms with E-state index in [4.69, 9.17) is 0 Å². The first kappa shape index (κ1) is 23.5. The number of amides is 1. The van der Waals surface area contributed by atoms with E-state index in [1.807, 2.05) is 0 Å². The van der Waals surface area contributed by atoms with Gasteiger partial charge in [0.05, 0.1) is 11.3 Å². The Hall–Kier alpha value is -4.68. The molecule has 35 heavy (non-hydrogen) atoms. The van der Waals surface area contributed by atoms with Gasteiger partial charge in [0, 0.05) is 11.8 Å². The molecule has 0 aliphatic carbocycles.